The number of hydrogen-bond donors (Lipinski definition) is 0. The molecule has 0 aromatic heterocycles. The quantitative estimate of drug-likeness (QED) is 0.383. The lowest BCUT2D eigenvalue weighted by Crippen LogP contribution is -2.15. The van der Waals surface area contributed by atoms with Crippen molar-refractivity contribution in [3.8, 4) is 17.2 Å². The first-order valence-electron chi connectivity index (χ1n) is 11.6. The molecule has 1 fully saturated rings. The second kappa shape index (κ2) is 11.3. The van der Waals surface area contributed by atoms with E-state index in [2.05, 4.69) is 19.1 Å². The molecule has 1 aliphatic rings. The minimum Gasteiger partial charge on any atom is -0.205 e. The molecule has 0 amide bonds. The minimum absolute atomic E-state index is 0.466. The molecule has 0 saturated heterocycles. The largest absolute Gasteiger partial charge is 0.205 e. The predicted molar refractivity (Wildman–Crippen MR) is 119 cm³/mol. The lowest BCUT2D eigenvalue weighted by atomic mass is 9.77. The molecule has 2 aromatic rings. The fraction of sp³-hybridized carbons (Fsp3) is 0.519. The van der Waals surface area contributed by atoms with Gasteiger partial charge in [0, 0.05) is 0 Å². The highest BCUT2D eigenvalue weighted by atomic mass is 19.1. The highest BCUT2D eigenvalue weighted by Gasteiger charge is 2.20. The van der Waals surface area contributed by atoms with Crippen molar-refractivity contribution >= 4 is 0 Å². The molecule has 0 unspecified atom stereocenters. The number of hydrogen-bond acceptors (Lipinski definition) is 1. The molecule has 0 radical (unpaired) electrons. The standard InChI is InChI=1S/C27H33F2N/c1-2-3-4-5-6-20-7-9-21(10-8-20)11-12-22-13-15-23(16-14-22)24-17-26(28)25(19-30)27(29)18-24/h13-18,20-21H,2-12H2,1H3/t20-,21-. The Morgan fingerprint density at radius 1 is 0.833 bits per heavy atom. The molecule has 0 bridgehead atoms. The zero-order valence-electron chi connectivity index (χ0n) is 18.1. The Balaban J connectivity index is 1.46. The Bertz CT molecular complexity index is 819. The Hall–Kier alpha value is -2.21. The van der Waals surface area contributed by atoms with E-state index in [9.17, 15) is 8.78 Å². The Kier molecular flexibility index (Phi) is 8.43. The molecule has 1 nitrogen and oxygen atoms in total. The zero-order valence-corrected chi connectivity index (χ0v) is 18.1. The summed E-state index contributed by atoms with van der Waals surface area (Å²) in [4.78, 5) is 0. The third-order valence-corrected chi connectivity index (χ3v) is 6.71. The average molecular weight is 410 g/mol. The lowest BCUT2D eigenvalue weighted by Gasteiger charge is -2.28. The van der Waals surface area contributed by atoms with Gasteiger partial charge in [-0.2, -0.15) is 5.26 Å². The van der Waals surface area contributed by atoms with Crippen LogP contribution in [0.3, 0.4) is 0 Å². The Labute approximate surface area is 180 Å². The van der Waals surface area contributed by atoms with Crippen LogP contribution in [-0.4, -0.2) is 0 Å². The van der Waals surface area contributed by atoms with Gasteiger partial charge in [-0.3, -0.25) is 0 Å². The van der Waals surface area contributed by atoms with Crippen molar-refractivity contribution in [3.63, 3.8) is 0 Å². The molecule has 1 aliphatic carbocycles. The highest BCUT2D eigenvalue weighted by molar-refractivity contribution is 5.65. The van der Waals surface area contributed by atoms with Gasteiger partial charge in [-0.1, -0.05) is 89.0 Å². The van der Waals surface area contributed by atoms with Crippen LogP contribution in [0.5, 0.6) is 0 Å². The summed E-state index contributed by atoms with van der Waals surface area (Å²) in [7, 11) is 0. The number of nitriles is 1. The fourth-order valence-electron chi connectivity index (χ4n) is 4.75. The van der Waals surface area contributed by atoms with Crippen LogP contribution in [0, 0.1) is 34.8 Å². The summed E-state index contributed by atoms with van der Waals surface area (Å²) in [6.45, 7) is 2.27. The number of nitrogens with zero attached hydrogens (tertiary/aromatic N) is 1. The van der Waals surface area contributed by atoms with Gasteiger partial charge in [-0.25, -0.2) is 8.78 Å². The molecule has 2 aromatic carbocycles. The van der Waals surface area contributed by atoms with Gasteiger partial charge in [0.1, 0.15) is 23.3 Å². The van der Waals surface area contributed by atoms with E-state index < -0.39 is 17.2 Å². The van der Waals surface area contributed by atoms with Crippen molar-refractivity contribution in [2.24, 2.45) is 11.8 Å². The van der Waals surface area contributed by atoms with E-state index in [4.69, 9.17) is 5.26 Å². The summed E-state index contributed by atoms with van der Waals surface area (Å²) < 4.78 is 27.7. The first-order chi connectivity index (χ1) is 14.6. The third-order valence-electron chi connectivity index (χ3n) is 6.71. The van der Waals surface area contributed by atoms with Crippen LogP contribution in [-0.2, 0) is 6.42 Å². The van der Waals surface area contributed by atoms with Crippen LogP contribution in [0.4, 0.5) is 8.78 Å². The zero-order chi connectivity index (χ0) is 21.3. The summed E-state index contributed by atoms with van der Waals surface area (Å²) in [5.74, 6) is 0.166. The van der Waals surface area contributed by atoms with Gasteiger partial charge < -0.3 is 0 Å². The molecular formula is C27H33F2N. The summed E-state index contributed by atoms with van der Waals surface area (Å²) in [6, 6.07) is 12.0. The first-order valence-corrected chi connectivity index (χ1v) is 11.6. The van der Waals surface area contributed by atoms with Crippen LogP contribution in [0.2, 0.25) is 0 Å². The van der Waals surface area contributed by atoms with E-state index in [0.29, 0.717) is 5.56 Å². The van der Waals surface area contributed by atoms with Crippen LogP contribution in [0.25, 0.3) is 11.1 Å². The van der Waals surface area contributed by atoms with Crippen LogP contribution in [0.15, 0.2) is 36.4 Å². The number of aryl methyl sites for hydroxylation is 1. The van der Waals surface area contributed by atoms with Crippen molar-refractivity contribution in [1.29, 1.82) is 5.26 Å². The smallest absolute Gasteiger partial charge is 0.144 e. The van der Waals surface area contributed by atoms with Gasteiger partial charge in [-0.15, -0.1) is 0 Å². The molecular weight excluding hydrogens is 376 g/mol. The second-order valence-electron chi connectivity index (χ2n) is 8.90. The van der Waals surface area contributed by atoms with Crippen molar-refractivity contribution in [2.45, 2.75) is 77.6 Å². The second-order valence-corrected chi connectivity index (χ2v) is 8.90. The fourth-order valence-corrected chi connectivity index (χ4v) is 4.75. The maximum atomic E-state index is 13.9. The van der Waals surface area contributed by atoms with E-state index in [1.165, 1.54) is 81.9 Å². The molecule has 30 heavy (non-hydrogen) atoms. The predicted octanol–water partition coefficient (Wildman–Crippen LogP) is 8.21. The number of halogens is 2. The molecule has 0 aliphatic heterocycles. The van der Waals surface area contributed by atoms with Gasteiger partial charge >= 0.3 is 0 Å². The summed E-state index contributed by atoms with van der Waals surface area (Å²) in [5.41, 5.74) is 1.98. The van der Waals surface area contributed by atoms with Gasteiger partial charge in [0.05, 0.1) is 0 Å². The topological polar surface area (TPSA) is 23.8 Å². The molecule has 3 heteroatoms. The number of rotatable bonds is 9. The van der Waals surface area contributed by atoms with Crippen molar-refractivity contribution in [3.05, 3.63) is 59.2 Å². The summed E-state index contributed by atoms with van der Waals surface area (Å²) in [5, 5.41) is 8.81. The summed E-state index contributed by atoms with van der Waals surface area (Å²) in [6.07, 6.45) is 14.7. The van der Waals surface area contributed by atoms with Gasteiger partial charge in [-0.05, 0) is 53.5 Å². The van der Waals surface area contributed by atoms with E-state index in [-0.39, 0.29) is 0 Å². The minimum atomic E-state index is -0.808. The van der Waals surface area contributed by atoms with Gasteiger partial charge in [0.25, 0.3) is 0 Å². The number of benzene rings is 2. The van der Waals surface area contributed by atoms with E-state index in [1.54, 1.807) is 6.07 Å². The van der Waals surface area contributed by atoms with E-state index in [0.717, 1.165) is 23.8 Å². The molecule has 160 valence electrons. The van der Waals surface area contributed by atoms with Gasteiger partial charge in [0.15, 0.2) is 0 Å². The highest BCUT2D eigenvalue weighted by Crippen LogP contribution is 2.34. The van der Waals surface area contributed by atoms with E-state index in [1.807, 2.05) is 12.1 Å². The van der Waals surface area contributed by atoms with Crippen molar-refractivity contribution in [1.82, 2.24) is 0 Å². The van der Waals surface area contributed by atoms with Crippen LogP contribution < -0.4 is 0 Å². The Morgan fingerprint density at radius 3 is 2.00 bits per heavy atom. The van der Waals surface area contributed by atoms with Crippen LogP contribution >= 0.6 is 0 Å². The lowest BCUT2D eigenvalue weighted by molar-refractivity contribution is 0.249. The third kappa shape index (κ3) is 6.14. The normalized spacial score (nSPS) is 18.9. The van der Waals surface area contributed by atoms with Crippen LogP contribution in [0.1, 0.15) is 82.3 Å². The molecule has 0 heterocycles. The van der Waals surface area contributed by atoms with Crippen molar-refractivity contribution < 1.29 is 8.78 Å². The maximum absolute atomic E-state index is 13.9. The molecule has 1 saturated carbocycles. The summed E-state index contributed by atoms with van der Waals surface area (Å²) >= 11 is 0. The SMILES string of the molecule is CCCCCC[C@H]1CC[C@H](CCc2ccc(-c3cc(F)c(C#N)c(F)c3)cc2)CC1. The molecule has 0 N–H and O–H groups in total. The average Bonchev–Trinajstić information content (AvgIpc) is 2.76. The van der Waals surface area contributed by atoms with Gasteiger partial charge in [0.2, 0.25) is 0 Å². The maximum Gasteiger partial charge on any atom is 0.144 e. The van der Waals surface area contributed by atoms with E-state index >= 15 is 0 Å². The molecule has 0 atom stereocenters. The first kappa shape index (κ1) is 22.5. The number of unbranched alkanes of at least 4 members (excludes halogenated alkanes) is 3. The monoisotopic (exact) mass is 409 g/mol. The molecule has 3 rings (SSSR count). The molecule has 0 spiro atoms. The Morgan fingerprint density at radius 2 is 1.43 bits per heavy atom. The van der Waals surface area contributed by atoms with Crippen molar-refractivity contribution in [2.75, 3.05) is 0 Å².